The summed E-state index contributed by atoms with van der Waals surface area (Å²) in [6.07, 6.45) is 3.49. The average Bonchev–Trinajstić information content (AvgIpc) is 2.88. The zero-order valence-electron chi connectivity index (χ0n) is 20.6. The van der Waals surface area contributed by atoms with Crippen LogP contribution in [0.25, 0.3) is 0 Å². The van der Waals surface area contributed by atoms with Crippen LogP contribution in [0.1, 0.15) is 29.4 Å². The predicted octanol–water partition coefficient (Wildman–Crippen LogP) is 6.29. The number of benzene rings is 2. The minimum Gasteiger partial charge on any atom is -0.508 e. The number of pyridine rings is 2. The second-order valence-corrected chi connectivity index (χ2v) is 9.98. The van der Waals surface area contributed by atoms with Crippen LogP contribution in [0.3, 0.4) is 0 Å². The lowest BCUT2D eigenvalue weighted by Crippen LogP contribution is -2.41. The second kappa shape index (κ2) is 12.9. The van der Waals surface area contributed by atoms with Crippen LogP contribution in [-0.4, -0.2) is 42.6 Å². The minimum absolute atomic E-state index is 0.0359. The first kappa shape index (κ1) is 26.9. The van der Waals surface area contributed by atoms with E-state index in [2.05, 4.69) is 26.7 Å². The molecule has 192 valence electrons. The number of phenols is 2. The van der Waals surface area contributed by atoms with Gasteiger partial charge in [-0.15, -0.1) is 0 Å². The van der Waals surface area contributed by atoms with Gasteiger partial charge in [0.1, 0.15) is 11.5 Å². The van der Waals surface area contributed by atoms with Gasteiger partial charge < -0.3 is 10.2 Å². The Morgan fingerprint density at radius 1 is 0.703 bits per heavy atom. The summed E-state index contributed by atoms with van der Waals surface area (Å²) in [6.45, 7) is 4.98. The lowest BCUT2D eigenvalue weighted by atomic mass is 10.1. The number of rotatable bonds is 11. The maximum atomic E-state index is 10.5. The lowest BCUT2D eigenvalue weighted by molar-refractivity contribution is 0.124. The highest BCUT2D eigenvalue weighted by atomic mass is 35.5. The van der Waals surface area contributed by atoms with Gasteiger partial charge in [-0.1, -0.05) is 47.5 Å². The van der Waals surface area contributed by atoms with Gasteiger partial charge in [0.2, 0.25) is 0 Å². The molecule has 0 bridgehead atoms. The molecule has 2 aromatic heterocycles. The molecule has 2 aromatic carbocycles. The van der Waals surface area contributed by atoms with Crippen LogP contribution < -0.4 is 0 Å². The van der Waals surface area contributed by atoms with Crippen LogP contribution >= 0.6 is 23.2 Å². The molecule has 0 aliphatic heterocycles. The third-order valence-electron chi connectivity index (χ3n) is 6.20. The summed E-state index contributed by atoms with van der Waals surface area (Å²) in [4.78, 5) is 13.5. The standard InChI is InChI=1S/C29H30Cl2N4O2/c1-21(16-34(19-26-7-4-5-12-32-26)17-22-6-2-3-8-28(22)36)35(20-27-15-25(31)11-13-33-27)18-23-14-24(30)9-10-29(23)37/h2-15,21,36-37H,16-20H2,1H3/t21-/m1/s1. The van der Waals surface area contributed by atoms with E-state index in [0.29, 0.717) is 42.8 Å². The molecule has 0 spiro atoms. The molecule has 2 heterocycles. The molecule has 0 aliphatic carbocycles. The Balaban J connectivity index is 1.60. The summed E-state index contributed by atoms with van der Waals surface area (Å²) >= 11 is 12.5. The lowest BCUT2D eigenvalue weighted by Gasteiger charge is -2.34. The summed E-state index contributed by atoms with van der Waals surface area (Å²) in [5.74, 6) is 0.463. The molecule has 6 nitrogen and oxygen atoms in total. The van der Waals surface area contributed by atoms with Crippen molar-refractivity contribution in [2.24, 2.45) is 0 Å². The van der Waals surface area contributed by atoms with Crippen LogP contribution in [0.15, 0.2) is 85.2 Å². The van der Waals surface area contributed by atoms with Crippen molar-refractivity contribution in [3.63, 3.8) is 0 Å². The van der Waals surface area contributed by atoms with Crippen LogP contribution in [0.2, 0.25) is 10.0 Å². The Kier molecular flexibility index (Phi) is 9.36. The number of nitrogens with zero attached hydrogens (tertiary/aromatic N) is 4. The van der Waals surface area contributed by atoms with Crippen molar-refractivity contribution in [2.45, 2.75) is 39.1 Å². The number of hydrogen-bond acceptors (Lipinski definition) is 6. The molecule has 8 heteroatoms. The van der Waals surface area contributed by atoms with Gasteiger partial charge >= 0.3 is 0 Å². The fourth-order valence-corrected chi connectivity index (χ4v) is 4.67. The van der Waals surface area contributed by atoms with E-state index in [0.717, 1.165) is 22.5 Å². The summed E-state index contributed by atoms with van der Waals surface area (Å²) in [7, 11) is 0. The smallest absolute Gasteiger partial charge is 0.120 e. The van der Waals surface area contributed by atoms with Crippen LogP contribution in [0.4, 0.5) is 0 Å². The van der Waals surface area contributed by atoms with Crippen molar-refractivity contribution in [3.8, 4) is 11.5 Å². The quantitative estimate of drug-likeness (QED) is 0.234. The maximum absolute atomic E-state index is 10.5. The van der Waals surface area contributed by atoms with Crippen LogP contribution in [0, 0.1) is 0 Å². The van der Waals surface area contributed by atoms with E-state index < -0.39 is 0 Å². The van der Waals surface area contributed by atoms with E-state index in [-0.39, 0.29) is 17.5 Å². The Morgan fingerprint density at radius 2 is 1.43 bits per heavy atom. The third kappa shape index (κ3) is 7.91. The van der Waals surface area contributed by atoms with Gasteiger partial charge in [0.05, 0.1) is 11.4 Å². The number of aromatic hydroxyl groups is 2. The van der Waals surface area contributed by atoms with Crippen molar-refractivity contribution in [1.82, 2.24) is 19.8 Å². The molecule has 4 rings (SSSR count). The normalized spacial score (nSPS) is 12.2. The second-order valence-electron chi connectivity index (χ2n) is 9.11. The molecule has 0 saturated carbocycles. The van der Waals surface area contributed by atoms with Gasteiger partial charge in [-0.3, -0.25) is 19.8 Å². The van der Waals surface area contributed by atoms with Crippen LogP contribution in [-0.2, 0) is 26.2 Å². The molecule has 0 radical (unpaired) electrons. The number of aromatic nitrogens is 2. The van der Waals surface area contributed by atoms with E-state index >= 15 is 0 Å². The van der Waals surface area contributed by atoms with Gasteiger partial charge in [-0.2, -0.15) is 0 Å². The molecular formula is C29H30Cl2N4O2. The molecule has 0 amide bonds. The molecule has 2 N–H and O–H groups in total. The number of phenolic OH excluding ortho intramolecular Hbond substituents is 2. The number of para-hydroxylation sites is 1. The summed E-state index contributed by atoms with van der Waals surface area (Å²) < 4.78 is 0. The molecule has 37 heavy (non-hydrogen) atoms. The Morgan fingerprint density at radius 3 is 2.19 bits per heavy atom. The molecule has 0 fully saturated rings. The SMILES string of the molecule is C[C@H](CN(Cc1ccccn1)Cc1ccccc1O)N(Cc1cc(Cl)ccn1)Cc1cc(Cl)ccc1O. The molecule has 4 aromatic rings. The molecular weight excluding hydrogens is 507 g/mol. The average molecular weight is 537 g/mol. The van der Waals surface area contributed by atoms with Crippen molar-refractivity contribution < 1.29 is 10.2 Å². The number of halogens is 2. The van der Waals surface area contributed by atoms with Gasteiger partial charge in [0, 0.05) is 72.3 Å². The van der Waals surface area contributed by atoms with Crippen LogP contribution in [0.5, 0.6) is 11.5 Å². The first-order valence-corrected chi connectivity index (χ1v) is 12.8. The maximum Gasteiger partial charge on any atom is 0.120 e. The summed E-state index contributed by atoms with van der Waals surface area (Å²) in [5, 5.41) is 22.1. The molecule has 0 unspecified atom stereocenters. The van der Waals surface area contributed by atoms with E-state index in [1.807, 2.05) is 42.5 Å². The Labute approximate surface area is 227 Å². The van der Waals surface area contributed by atoms with E-state index in [1.165, 1.54) is 0 Å². The van der Waals surface area contributed by atoms with Gasteiger partial charge in [0.25, 0.3) is 0 Å². The summed E-state index contributed by atoms with van der Waals surface area (Å²) in [5.41, 5.74) is 3.36. The van der Waals surface area contributed by atoms with Crippen molar-refractivity contribution in [1.29, 1.82) is 0 Å². The van der Waals surface area contributed by atoms with Crippen molar-refractivity contribution in [3.05, 3.63) is 118 Å². The first-order chi connectivity index (χ1) is 17.9. The highest BCUT2D eigenvalue weighted by Crippen LogP contribution is 2.26. The molecule has 0 saturated heterocycles. The third-order valence-corrected chi connectivity index (χ3v) is 6.67. The zero-order valence-corrected chi connectivity index (χ0v) is 22.1. The van der Waals surface area contributed by atoms with Gasteiger partial charge in [-0.25, -0.2) is 0 Å². The number of hydrogen-bond donors (Lipinski definition) is 2. The minimum atomic E-state index is 0.0359. The van der Waals surface area contributed by atoms with Crippen molar-refractivity contribution in [2.75, 3.05) is 6.54 Å². The summed E-state index contributed by atoms with van der Waals surface area (Å²) in [6, 6.07) is 22.0. The topological polar surface area (TPSA) is 72.7 Å². The van der Waals surface area contributed by atoms with Gasteiger partial charge in [0.15, 0.2) is 0 Å². The van der Waals surface area contributed by atoms with E-state index in [1.54, 1.807) is 42.7 Å². The highest BCUT2D eigenvalue weighted by Gasteiger charge is 2.21. The fourth-order valence-electron chi connectivity index (χ4n) is 4.29. The Hall–Kier alpha value is -3.16. The molecule has 1 atom stereocenters. The predicted molar refractivity (Wildman–Crippen MR) is 148 cm³/mol. The van der Waals surface area contributed by atoms with E-state index in [9.17, 15) is 10.2 Å². The van der Waals surface area contributed by atoms with E-state index in [4.69, 9.17) is 23.2 Å². The Bertz CT molecular complexity index is 1310. The van der Waals surface area contributed by atoms with Gasteiger partial charge in [-0.05, 0) is 55.5 Å². The zero-order chi connectivity index (χ0) is 26.2. The largest absolute Gasteiger partial charge is 0.508 e. The highest BCUT2D eigenvalue weighted by molar-refractivity contribution is 6.30. The monoisotopic (exact) mass is 536 g/mol. The first-order valence-electron chi connectivity index (χ1n) is 12.1. The fraction of sp³-hybridized carbons (Fsp3) is 0.241. The van der Waals surface area contributed by atoms with Crippen molar-refractivity contribution >= 4 is 23.2 Å². The molecule has 0 aliphatic rings.